The van der Waals surface area contributed by atoms with Crippen LogP contribution in [0.15, 0.2) is 0 Å². The van der Waals surface area contributed by atoms with Crippen LogP contribution in [0.4, 0.5) is 0 Å². The lowest BCUT2D eigenvalue weighted by atomic mass is 9.80. The Kier molecular flexibility index (Phi) is 2.35. The first-order valence-electron chi connectivity index (χ1n) is 4.08. The molecular weight excluding hydrogens is 122 g/mol. The standard InChI is InChI=1S/C8H15N.CH4/c1-7-6-9-4-2-8(7)3-5-9;/h7-8H,2-6H2,1H3;1H4/t7-;/m1./s1. The van der Waals surface area contributed by atoms with E-state index in [0.717, 1.165) is 11.8 Å². The van der Waals surface area contributed by atoms with Crippen LogP contribution >= 0.6 is 0 Å². The van der Waals surface area contributed by atoms with Crippen molar-refractivity contribution >= 4 is 0 Å². The summed E-state index contributed by atoms with van der Waals surface area (Å²) >= 11 is 0. The zero-order chi connectivity index (χ0) is 6.27. The maximum absolute atomic E-state index is 2.60. The second kappa shape index (κ2) is 2.91. The summed E-state index contributed by atoms with van der Waals surface area (Å²) in [6.07, 6.45) is 2.95. The van der Waals surface area contributed by atoms with Crippen molar-refractivity contribution in [1.29, 1.82) is 0 Å². The third kappa shape index (κ3) is 1.20. The Morgan fingerprint density at radius 1 is 1.20 bits per heavy atom. The molecule has 60 valence electrons. The molecule has 3 rings (SSSR count). The van der Waals surface area contributed by atoms with Crippen LogP contribution in [-0.2, 0) is 0 Å². The molecule has 0 N–H and O–H groups in total. The fourth-order valence-corrected chi connectivity index (χ4v) is 2.26. The highest BCUT2D eigenvalue weighted by atomic mass is 15.1. The predicted octanol–water partition coefficient (Wildman–Crippen LogP) is 1.98. The van der Waals surface area contributed by atoms with Crippen LogP contribution in [0.25, 0.3) is 0 Å². The third-order valence-corrected chi connectivity index (χ3v) is 2.98. The number of fused-ring (bicyclic) bond motifs is 3. The molecule has 3 aliphatic rings. The lowest BCUT2D eigenvalue weighted by Gasteiger charge is -2.43. The lowest BCUT2D eigenvalue weighted by molar-refractivity contribution is 0.0603. The fourth-order valence-electron chi connectivity index (χ4n) is 2.26. The Bertz CT molecular complexity index is 103. The van der Waals surface area contributed by atoms with Crippen molar-refractivity contribution in [3.05, 3.63) is 0 Å². The molecule has 0 unspecified atom stereocenters. The van der Waals surface area contributed by atoms with Crippen molar-refractivity contribution in [3.8, 4) is 0 Å². The molecule has 3 saturated heterocycles. The largest absolute Gasteiger partial charge is 0.303 e. The fraction of sp³-hybridized carbons (Fsp3) is 1.00. The van der Waals surface area contributed by atoms with Crippen LogP contribution in [-0.4, -0.2) is 24.5 Å². The Labute approximate surface area is 64.4 Å². The van der Waals surface area contributed by atoms with Gasteiger partial charge in [0.05, 0.1) is 0 Å². The molecule has 10 heavy (non-hydrogen) atoms. The number of nitrogens with zero attached hydrogens (tertiary/aromatic N) is 1. The summed E-state index contributed by atoms with van der Waals surface area (Å²) < 4.78 is 0. The van der Waals surface area contributed by atoms with Crippen LogP contribution in [0.2, 0.25) is 0 Å². The molecule has 0 amide bonds. The van der Waals surface area contributed by atoms with Crippen molar-refractivity contribution in [2.24, 2.45) is 11.8 Å². The number of rotatable bonds is 0. The van der Waals surface area contributed by atoms with Crippen LogP contribution < -0.4 is 0 Å². The second-order valence-electron chi connectivity index (χ2n) is 3.62. The summed E-state index contributed by atoms with van der Waals surface area (Å²) in [5, 5.41) is 0. The van der Waals surface area contributed by atoms with Crippen LogP contribution in [0.5, 0.6) is 0 Å². The molecular formula is C9H19N. The van der Waals surface area contributed by atoms with Gasteiger partial charge in [0, 0.05) is 6.54 Å². The molecule has 3 heterocycles. The van der Waals surface area contributed by atoms with E-state index in [4.69, 9.17) is 0 Å². The van der Waals surface area contributed by atoms with Crippen molar-refractivity contribution < 1.29 is 0 Å². The smallest absolute Gasteiger partial charge is 0.000968 e. The maximum Gasteiger partial charge on any atom is 0.000968 e. The van der Waals surface area contributed by atoms with Crippen LogP contribution in [0.3, 0.4) is 0 Å². The first-order valence-corrected chi connectivity index (χ1v) is 4.08. The van der Waals surface area contributed by atoms with Gasteiger partial charge in [0.15, 0.2) is 0 Å². The van der Waals surface area contributed by atoms with Gasteiger partial charge in [-0.15, -0.1) is 0 Å². The average Bonchev–Trinajstić information content (AvgIpc) is 1.90. The van der Waals surface area contributed by atoms with Gasteiger partial charge in [-0.05, 0) is 37.8 Å². The molecule has 1 heteroatoms. The molecule has 3 aliphatic heterocycles. The zero-order valence-corrected chi connectivity index (χ0v) is 6.14. The predicted molar refractivity (Wildman–Crippen MR) is 45.1 cm³/mol. The summed E-state index contributed by atoms with van der Waals surface area (Å²) in [4.78, 5) is 2.60. The van der Waals surface area contributed by atoms with Crippen molar-refractivity contribution in [3.63, 3.8) is 0 Å². The molecule has 0 aliphatic carbocycles. The van der Waals surface area contributed by atoms with E-state index in [-0.39, 0.29) is 7.43 Å². The number of hydrogen-bond acceptors (Lipinski definition) is 1. The Hall–Kier alpha value is -0.0400. The summed E-state index contributed by atoms with van der Waals surface area (Å²) in [5.74, 6) is 2.07. The monoisotopic (exact) mass is 141 g/mol. The maximum atomic E-state index is 2.60. The minimum absolute atomic E-state index is 0. The molecule has 2 bridgehead atoms. The van der Waals surface area contributed by atoms with E-state index in [1.54, 1.807) is 0 Å². The quantitative estimate of drug-likeness (QED) is 0.498. The van der Waals surface area contributed by atoms with Gasteiger partial charge in [0.25, 0.3) is 0 Å². The molecule has 0 aromatic rings. The molecule has 3 fully saturated rings. The number of piperidine rings is 3. The minimum atomic E-state index is 0. The number of hydrogen-bond donors (Lipinski definition) is 0. The Balaban J connectivity index is 0.000000500. The van der Waals surface area contributed by atoms with Crippen molar-refractivity contribution in [1.82, 2.24) is 4.90 Å². The molecule has 1 nitrogen and oxygen atoms in total. The molecule has 0 saturated carbocycles. The first-order chi connectivity index (χ1) is 4.36. The van der Waals surface area contributed by atoms with Gasteiger partial charge in [-0.1, -0.05) is 14.4 Å². The molecule has 0 radical (unpaired) electrons. The lowest BCUT2D eigenvalue weighted by Crippen LogP contribution is -2.46. The van der Waals surface area contributed by atoms with E-state index in [2.05, 4.69) is 11.8 Å². The minimum Gasteiger partial charge on any atom is -0.303 e. The molecule has 1 atom stereocenters. The van der Waals surface area contributed by atoms with E-state index in [9.17, 15) is 0 Å². The first kappa shape index (κ1) is 8.06. The molecule has 0 spiro atoms. The Morgan fingerprint density at radius 3 is 2.00 bits per heavy atom. The average molecular weight is 141 g/mol. The summed E-state index contributed by atoms with van der Waals surface area (Å²) in [5.41, 5.74) is 0. The van der Waals surface area contributed by atoms with Crippen LogP contribution in [0.1, 0.15) is 27.2 Å². The van der Waals surface area contributed by atoms with Crippen molar-refractivity contribution in [2.45, 2.75) is 27.2 Å². The van der Waals surface area contributed by atoms with E-state index >= 15 is 0 Å². The van der Waals surface area contributed by atoms with Gasteiger partial charge < -0.3 is 4.90 Å². The van der Waals surface area contributed by atoms with Gasteiger partial charge in [0.2, 0.25) is 0 Å². The zero-order valence-electron chi connectivity index (χ0n) is 6.14. The highest BCUT2D eigenvalue weighted by Gasteiger charge is 2.30. The van der Waals surface area contributed by atoms with Gasteiger partial charge >= 0.3 is 0 Å². The highest BCUT2D eigenvalue weighted by Crippen LogP contribution is 2.31. The van der Waals surface area contributed by atoms with Gasteiger partial charge in [-0.25, -0.2) is 0 Å². The molecule has 0 aromatic heterocycles. The summed E-state index contributed by atoms with van der Waals surface area (Å²) in [6, 6.07) is 0. The van der Waals surface area contributed by atoms with E-state index in [0.29, 0.717) is 0 Å². The van der Waals surface area contributed by atoms with Crippen molar-refractivity contribution in [2.75, 3.05) is 19.6 Å². The normalized spacial score (nSPS) is 44.7. The van der Waals surface area contributed by atoms with E-state index in [1.165, 1.54) is 32.5 Å². The highest BCUT2D eigenvalue weighted by molar-refractivity contribution is 4.83. The summed E-state index contributed by atoms with van der Waals surface area (Å²) in [7, 11) is 0. The Morgan fingerprint density at radius 2 is 1.80 bits per heavy atom. The third-order valence-electron chi connectivity index (χ3n) is 2.98. The van der Waals surface area contributed by atoms with E-state index < -0.39 is 0 Å². The topological polar surface area (TPSA) is 3.24 Å². The molecule has 0 aromatic carbocycles. The van der Waals surface area contributed by atoms with Gasteiger partial charge in [-0.3, -0.25) is 0 Å². The van der Waals surface area contributed by atoms with Crippen LogP contribution in [0, 0.1) is 11.8 Å². The second-order valence-corrected chi connectivity index (χ2v) is 3.62. The van der Waals surface area contributed by atoms with E-state index in [1.807, 2.05) is 0 Å². The summed E-state index contributed by atoms with van der Waals surface area (Å²) in [6.45, 7) is 6.55. The van der Waals surface area contributed by atoms with Gasteiger partial charge in [-0.2, -0.15) is 0 Å². The van der Waals surface area contributed by atoms with Gasteiger partial charge in [0.1, 0.15) is 0 Å². The SMILES string of the molecule is C.C[C@@H]1CN2CCC1CC2.